The van der Waals surface area contributed by atoms with Gasteiger partial charge in [0.05, 0.1) is 16.8 Å². The third-order valence-electron chi connectivity index (χ3n) is 5.68. The number of hydrogen-bond acceptors (Lipinski definition) is 4. The summed E-state index contributed by atoms with van der Waals surface area (Å²) in [5.74, 6) is 0.0599. The third-order valence-corrected chi connectivity index (χ3v) is 5.68. The van der Waals surface area contributed by atoms with E-state index in [0.717, 1.165) is 54.6 Å². The van der Waals surface area contributed by atoms with E-state index in [4.69, 9.17) is 0 Å². The molecule has 1 aliphatic heterocycles. The second kappa shape index (κ2) is 8.32. The summed E-state index contributed by atoms with van der Waals surface area (Å²) in [6.45, 7) is 3.61. The lowest BCUT2D eigenvalue weighted by molar-refractivity contribution is -0.120. The highest BCUT2D eigenvalue weighted by molar-refractivity contribution is 5.95. The number of carbonyl (C=O) groups excluding carboxylic acids is 1. The highest BCUT2D eigenvalue weighted by Crippen LogP contribution is 2.32. The first-order valence-corrected chi connectivity index (χ1v) is 10.1. The van der Waals surface area contributed by atoms with Gasteiger partial charge in [0.2, 0.25) is 5.91 Å². The van der Waals surface area contributed by atoms with Crippen LogP contribution in [0.25, 0.3) is 10.9 Å². The molecule has 0 bridgehead atoms. The molecule has 1 amide bonds. The molecule has 0 spiro atoms. The number of hydrogen-bond donors (Lipinski definition) is 1. The number of anilines is 2. The molecule has 1 fully saturated rings. The number of para-hydroxylation sites is 1. The highest BCUT2D eigenvalue weighted by Gasteiger charge is 2.27. The molecule has 1 aliphatic rings. The first-order valence-electron chi connectivity index (χ1n) is 10.1. The maximum Gasteiger partial charge on any atom is 0.227 e. The largest absolute Gasteiger partial charge is 0.370 e. The molecule has 2 aromatic carbocycles. The SMILES string of the molecule is CCc1ccc(NC(=O)C2CCN(c3c(C#N)cnc4ccccc34)CC2)cc1. The average molecular weight is 384 g/mol. The number of nitriles is 1. The number of aryl methyl sites for hydroxylation is 1. The molecule has 3 aromatic rings. The van der Waals surface area contributed by atoms with Gasteiger partial charge in [-0.05, 0) is 43.0 Å². The molecule has 0 atom stereocenters. The standard InChI is InChI=1S/C24H24N4O/c1-2-17-7-9-20(10-8-17)27-24(29)18-11-13-28(14-12-18)23-19(15-25)16-26-22-6-4-3-5-21(22)23/h3-10,16,18H,2,11-14H2,1H3,(H,27,29). The van der Waals surface area contributed by atoms with Crippen LogP contribution in [0.1, 0.15) is 30.9 Å². The molecule has 4 rings (SSSR count). The summed E-state index contributed by atoms with van der Waals surface area (Å²) in [7, 11) is 0. The van der Waals surface area contributed by atoms with Gasteiger partial charge < -0.3 is 10.2 Å². The van der Waals surface area contributed by atoms with E-state index in [0.29, 0.717) is 5.56 Å². The number of nitrogens with zero attached hydrogens (tertiary/aromatic N) is 3. The predicted molar refractivity (Wildman–Crippen MR) is 116 cm³/mol. The molecule has 146 valence electrons. The molecule has 0 saturated carbocycles. The Labute approximate surface area is 171 Å². The van der Waals surface area contributed by atoms with Crippen LogP contribution in [0.2, 0.25) is 0 Å². The molecule has 0 unspecified atom stereocenters. The van der Waals surface area contributed by atoms with Crippen LogP contribution in [0.15, 0.2) is 54.7 Å². The van der Waals surface area contributed by atoms with Crippen molar-refractivity contribution in [2.75, 3.05) is 23.3 Å². The number of amides is 1. The normalized spacial score (nSPS) is 14.6. The minimum absolute atomic E-state index is 0.0178. The van der Waals surface area contributed by atoms with Crippen LogP contribution in [-0.2, 0) is 11.2 Å². The van der Waals surface area contributed by atoms with Crippen molar-refractivity contribution < 1.29 is 4.79 Å². The quantitative estimate of drug-likeness (QED) is 0.718. The van der Waals surface area contributed by atoms with Gasteiger partial charge in [-0.1, -0.05) is 37.3 Å². The first-order chi connectivity index (χ1) is 14.2. The molecular weight excluding hydrogens is 360 g/mol. The topological polar surface area (TPSA) is 69.0 Å². The minimum atomic E-state index is -0.0178. The molecular formula is C24H24N4O. The molecule has 1 N–H and O–H groups in total. The van der Waals surface area contributed by atoms with Gasteiger partial charge in [-0.3, -0.25) is 9.78 Å². The number of nitrogens with one attached hydrogen (secondary N) is 1. The Morgan fingerprint density at radius 3 is 2.59 bits per heavy atom. The fourth-order valence-electron chi connectivity index (χ4n) is 3.98. The van der Waals surface area contributed by atoms with Crippen molar-refractivity contribution in [3.05, 3.63) is 65.9 Å². The lowest BCUT2D eigenvalue weighted by Gasteiger charge is -2.34. The van der Waals surface area contributed by atoms with Crippen molar-refractivity contribution in [1.82, 2.24) is 4.98 Å². The van der Waals surface area contributed by atoms with Crippen LogP contribution in [0.4, 0.5) is 11.4 Å². The van der Waals surface area contributed by atoms with Crippen molar-refractivity contribution in [2.24, 2.45) is 5.92 Å². The molecule has 5 heteroatoms. The zero-order valence-electron chi connectivity index (χ0n) is 16.6. The van der Waals surface area contributed by atoms with E-state index in [-0.39, 0.29) is 11.8 Å². The molecule has 2 heterocycles. The van der Waals surface area contributed by atoms with E-state index in [1.165, 1.54) is 5.56 Å². The number of rotatable bonds is 4. The Morgan fingerprint density at radius 1 is 1.17 bits per heavy atom. The minimum Gasteiger partial charge on any atom is -0.370 e. The number of aromatic nitrogens is 1. The summed E-state index contributed by atoms with van der Waals surface area (Å²) < 4.78 is 0. The van der Waals surface area contributed by atoms with Gasteiger partial charge in [0.1, 0.15) is 6.07 Å². The van der Waals surface area contributed by atoms with Crippen molar-refractivity contribution in [2.45, 2.75) is 26.2 Å². The zero-order valence-corrected chi connectivity index (χ0v) is 16.6. The summed E-state index contributed by atoms with van der Waals surface area (Å²) in [4.78, 5) is 19.3. The Kier molecular flexibility index (Phi) is 5.44. The molecule has 0 aliphatic carbocycles. The lowest BCUT2D eigenvalue weighted by atomic mass is 9.94. The maximum atomic E-state index is 12.7. The van der Waals surface area contributed by atoms with Gasteiger partial charge in [-0.25, -0.2) is 0 Å². The number of carbonyl (C=O) groups is 1. The first kappa shape index (κ1) is 18.9. The van der Waals surface area contributed by atoms with E-state index in [1.807, 2.05) is 36.4 Å². The van der Waals surface area contributed by atoms with Gasteiger partial charge in [0.25, 0.3) is 0 Å². The van der Waals surface area contributed by atoms with Crippen molar-refractivity contribution >= 4 is 28.2 Å². The zero-order chi connectivity index (χ0) is 20.2. The Bertz CT molecular complexity index is 1060. The second-order valence-electron chi connectivity index (χ2n) is 7.45. The fraction of sp³-hybridized carbons (Fsp3) is 0.292. The summed E-state index contributed by atoms with van der Waals surface area (Å²) in [5, 5.41) is 13.6. The van der Waals surface area contributed by atoms with Gasteiger partial charge in [0.15, 0.2) is 0 Å². The van der Waals surface area contributed by atoms with E-state index < -0.39 is 0 Å². The van der Waals surface area contributed by atoms with Crippen LogP contribution in [-0.4, -0.2) is 24.0 Å². The summed E-state index contributed by atoms with van der Waals surface area (Å²) in [6.07, 6.45) is 4.16. The Morgan fingerprint density at radius 2 is 1.90 bits per heavy atom. The van der Waals surface area contributed by atoms with E-state index in [9.17, 15) is 10.1 Å². The maximum absolute atomic E-state index is 12.7. The summed E-state index contributed by atoms with van der Waals surface area (Å²) in [6, 6.07) is 18.2. The number of fused-ring (bicyclic) bond motifs is 1. The molecule has 1 aromatic heterocycles. The lowest BCUT2D eigenvalue weighted by Crippen LogP contribution is -2.38. The Hall–Kier alpha value is -3.39. The third kappa shape index (κ3) is 3.93. The molecule has 5 nitrogen and oxygen atoms in total. The van der Waals surface area contributed by atoms with E-state index >= 15 is 0 Å². The smallest absolute Gasteiger partial charge is 0.227 e. The van der Waals surface area contributed by atoms with E-state index in [1.54, 1.807) is 6.20 Å². The summed E-state index contributed by atoms with van der Waals surface area (Å²) >= 11 is 0. The Balaban J connectivity index is 1.46. The number of piperidine rings is 1. The van der Waals surface area contributed by atoms with Crippen LogP contribution in [0.3, 0.4) is 0 Å². The predicted octanol–water partition coefficient (Wildman–Crippen LogP) is 4.52. The van der Waals surface area contributed by atoms with Gasteiger partial charge in [-0.2, -0.15) is 5.26 Å². The molecule has 29 heavy (non-hydrogen) atoms. The van der Waals surface area contributed by atoms with Gasteiger partial charge in [0, 0.05) is 36.3 Å². The number of pyridine rings is 1. The molecule has 0 radical (unpaired) electrons. The van der Waals surface area contributed by atoms with Crippen LogP contribution in [0, 0.1) is 17.2 Å². The van der Waals surface area contributed by atoms with Gasteiger partial charge in [-0.15, -0.1) is 0 Å². The molecule has 1 saturated heterocycles. The van der Waals surface area contributed by atoms with Crippen molar-refractivity contribution in [3.8, 4) is 6.07 Å². The fourth-order valence-corrected chi connectivity index (χ4v) is 3.98. The van der Waals surface area contributed by atoms with Crippen molar-refractivity contribution in [3.63, 3.8) is 0 Å². The summed E-state index contributed by atoms with van der Waals surface area (Å²) in [5.41, 5.74) is 4.52. The highest BCUT2D eigenvalue weighted by atomic mass is 16.1. The van der Waals surface area contributed by atoms with Crippen LogP contribution < -0.4 is 10.2 Å². The average Bonchev–Trinajstić information content (AvgIpc) is 2.79. The second-order valence-corrected chi connectivity index (χ2v) is 7.45. The van der Waals surface area contributed by atoms with Gasteiger partial charge >= 0.3 is 0 Å². The monoisotopic (exact) mass is 384 g/mol. The van der Waals surface area contributed by atoms with Crippen LogP contribution in [0.5, 0.6) is 0 Å². The van der Waals surface area contributed by atoms with E-state index in [2.05, 4.69) is 40.3 Å². The van der Waals surface area contributed by atoms with Crippen molar-refractivity contribution in [1.29, 1.82) is 5.26 Å². The van der Waals surface area contributed by atoms with Crippen LogP contribution >= 0.6 is 0 Å². The number of benzene rings is 2.